The maximum Gasteiger partial charge on any atom is 0.320 e. The summed E-state index contributed by atoms with van der Waals surface area (Å²) in [7, 11) is 0. The van der Waals surface area contributed by atoms with Crippen molar-refractivity contribution in [3.8, 4) is 0 Å². The van der Waals surface area contributed by atoms with E-state index in [1.807, 2.05) is 0 Å². The highest BCUT2D eigenvalue weighted by atomic mass is 16.5. The largest absolute Gasteiger partial charge is 0.465 e. The van der Waals surface area contributed by atoms with Crippen molar-refractivity contribution in [2.75, 3.05) is 13.2 Å². The SMILES string of the molecule is CCOC(=O)[C@]12CC[C@@](C(=O)OCC)(CC1=O)C(=O)C2. The lowest BCUT2D eigenvalue weighted by Crippen LogP contribution is -2.60. The van der Waals surface area contributed by atoms with Crippen LogP contribution in [0.4, 0.5) is 0 Å². The normalized spacial score (nSPS) is 32.1. The van der Waals surface area contributed by atoms with Gasteiger partial charge in [-0.25, -0.2) is 0 Å². The summed E-state index contributed by atoms with van der Waals surface area (Å²) in [5.74, 6) is -2.05. The maximum absolute atomic E-state index is 12.3. The summed E-state index contributed by atoms with van der Waals surface area (Å²) in [5, 5.41) is 0. The van der Waals surface area contributed by atoms with Crippen LogP contribution in [0.25, 0.3) is 0 Å². The fraction of sp³-hybridized carbons (Fsp3) is 0.714. The quantitative estimate of drug-likeness (QED) is 0.560. The van der Waals surface area contributed by atoms with Gasteiger partial charge in [0, 0.05) is 12.8 Å². The fourth-order valence-corrected chi connectivity index (χ4v) is 3.08. The molecule has 2 atom stereocenters. The van der Waals surface area contributed by atoms with Crippen LogP contribution >= 0.6 is 0 Å². The van der Waals surface area contributed by atoms with E-state index in [9.17, 15) is 19.2 Å². The predicted molar refractivity (Wildman–Crippen MR) is 66.6 cm³/mol. The van der Waals surface area contributed by atoms with Gasteiger partial charge in [0.2, 0.25) is 0 Å². The number of rotatable bonds is 4. The second-order valence-corrected chi connectivity index (χ2v) is 5.31. The van der Waals surface area contributed by atoms with E-state index >= 15 is 0 Å². The Labute approximate surface area is 116 Å². The van der Waals surface area contributed by atoms with Gasteiger partial charge >= 0.3 is 11.9 Å². The molecule has 0 radical (unpaired) electrons. The molecule has 0 aromatic rings. The number of hydrogen-bond acceptors (Lipinski definition) is 6. The first-order chi connectivity index (χ1) is 9.43. The number of carbonyl (C=O) groups excluding carboxylic acids is 4. The molecule has 3 aliphatic carbocycles. The van der Waals surface area contributed by atoms with Crippen LogP contribution in [-0.2, 0) is 28.7 Å². The first-order valence-corrected chi connectivity index (χ1v) is 6.84. The van der Waals surface area contributed by atoms with Crippen molar-refractivity contribution < 1.29 is 28.7 Å². The van der Waals surface area contributed by atoms with Gasteiger partial charge in [-0.05, 0) is 26.7 Å². The fourth-order valence-electron chi connectivity index (χ4n) is 3.08. The molecule has 0 spiro atoms. The van der Waals surface area contributed by atoms with E-state index in [-0.39, 0.29) is 50.5 Å². The molecule has 3 saturated carbocycles. The van der Waals surface area contributed by atoms with Gasteiger partial charge in [0.25, 0.3) is 0 Å². The van der Waals surface area contributed by atoms with Crippen molar-refractivity contribution in [1.82, 2.24) is 0 Å². The van der Waals surface area contributed by atoms with E-state index in [1.165, 1.54) is 0 Å². The molecule has 0 heterocycles. The van der Waals surface area contributed by atoms with E-state index in [0.29, 0.717) is 0 Å². The molecule has 20 heavy (non-hydrogen) atoms. The van der Waals surface area contributed by atoms with E-state index < -0.39 is 22.8 Å². The lowest BCUT2D eigenvalue weighted by molar-refractivity contribution is -0.184. The van der Waals surface area contributed by atoms with Gasteiger partial charge < -0.3 is 9.47 Å². The maximum atomic E-state index is 12.3. The minimum atomic E-state index is -1.37. The number of hydrogen-bond donors (Lipinski definition) is 0. The second-order valence-electron chi connectivity index (χ2n) is 5.31. The van der Waals surface area contributed by atoms with Crippen molar-refractivity contribution in [2.24, 2.45) is 10.8 Å². The van der Waals surface area contributed by atoms with Gasteiger partial charge in [0.05, 0.1) is 13.2 Å². The Bertz CT molecular complexity index is 438. The third-order valence-electron chi connectivity index (χ3n) is 4.30. The Morgan fingerprint density at radius 3 is 1.50 bits per heavy atom. The van der Waals surface area contributed by atoms with Crippen molar-refractivity contribution in [3.05, 3.63) is 0 Å². The van der Waals surface area contributed by atoms with E-state index in [2.05, 4.69) is 0 Å². The summed E-state index contributed by atoms with van der Waals surface area (Å²) >= 11 is 0. The molecular formula is C14H18O6. The van der Waals surface area contributed by atoms with Crippen molar-refractivity contribution in [2.45, 2.75) is 39.5 Å². The summed E-state index contributed by atoms with van der Waals surface area (Å²) in [6.07, 6.45) is -0.141. The molecule has 3 rings (SSSR count). The molecule has 3 fully saturated rings. The summed E-state index contributed by atoms with van der Waals surface area (Å²) in [6, 6.07) is 0. The molecule has 0 saturated heterocycles. The zero-order chi connectivity index (χ0) is 15.0. The Hall–Kier alpha value is -1.72. The molecule has 0 aromatic carbocycles. The zero-order valence-corrected chi connectivity index (χ0v) is 11.7. The Balaban J connectivity index is 2.30. The third-order valence-corrected chi connectivity index (χ3v) is 4.30. The number of carbonyl (C=O) groups is 4. The lowest BCUT2D eigenvalue weighted by Gasteiger charge is -2.47. The van der Waals surface area contributed by atoms with Crippen LogP contribution in [0.2, 0.25) is 0 Å². The van der Waals surface area contributed by atoms with Crippen molar-refractivity contribution >= 4 is 23.5 Å². The number of ketones is 2. The third kappa shape index (κ3) is 1.85. The monoisotopic (exact) mass is 282 g/mol. The molecule has 0 aromatic heterocycles. The molecule has 2 bridgehead atoms. The van der Waals surface area contributed by atoms with E-state index in [1.54, 1.807) is 13.8 Å². The smallest absolute Gasteiger partial charge is 0.320 e. The molecule has 3 aliphatic rings. The Kier molecular flexibility index (Phi) is 3.67. The number of Topliss-reactive ketones (excluding diaryl/α,β-unsaturated/α-hetero) is 2. The van der Waals surface area contributed by atoms with Crippen molar-refractivity contribution in [3.63, 3.8) is 0 Å². The Morgan fingerprint density at radius 1 is 0.900 bits per heavy atom. The molecule has 0 unspecified atom stereocenters. The topological polar surface area (TPSA) is 86.7 Å². The van der Waals surface area contributed by atoms with Gasteiger partial charge in [-0.1, -0.05) is 0 Å². The molecule has 6 nitrogen and oxygen atoms in total. The summed E-state index contributed by atoms with van der Waals surface area (Å²) < 4.78 is 9.86. The highest BCUT2D eigenvalue weighted by Gasteiger charge is 2.66. The molecule has 0 N–H and O–H groups in total. The van der Waals surface area contributed by atoms with Crippen molar-refractivity contribution in [1.29, 1.82) is 0 Å². The van der Waals surface area contributed by atoms with Gasteiger partial charge in [0.1, 0.15) is 10.8 Å². The van der Waals surface area contributed by atoms with Gasteiger partial charge in [-0.15, -0.1) is 0 Å². The lowest BCUT2D eigenvalue weighted by atomic mass is 9.52. The van der Waals surface area contributed by atoms with Gasteiger partial charge in [-0.3, -0.25) is 19.2 Å². The summed E-state index contributed by atoms with van der Waals surface area (Å²) in [6.45, 7) is 3.61. The Morgan fingerprint density at radius 2 is 1.25 bits per heavy atom. The molecule has 110 valence electrons. The van der Waals surface area contributed by atoms with Gasteiger partial charge in [0.15, 0.2) is 11.6 Å². The van der Waals surface area contributed by atoms with Crippen LogP contribution < -0.4 is 0 Å². The van der Waals surface area contributed by atoms with Crippen LogP contribution in [0, 0.1) is 10.8 Å². The number of fused-ring (bicyclic) bond motifs is 3. The minimum Gasteiger partial charge on any atom is -0.465 e. The zero-order valence-electron chi connectivity index (χ0n) is 11.7. The highest BCUT2D eigenvalue weighted by Crippen LogP contribution is 2.53. The molecule has 0 amide bonds. The average Bonchev–Trinajstić information content (AvgIpc) is 2.41. The van der Waals surface area contributed by atoms with Crippen LogP contribution in [0.3, 0.4) is 0 Å². The predicted octanol–water partition coefficient (Wildman–Crippen LogP) is 0.811. The van der Waals surface area contributed by atoms with E-state index in [0.717, 1.165) is 0 Å². The van der Waals surface area contributed by atoms with Crippen LogP contribution in [0.15, 0.2) is 0 Å². The molecular weight excluding hydrogens is 264 g/mol. The van der Waals surface area contributed by atoms with Gasteiger partial charge in [-0.2, -0.15) is 0 Å². The van der Waals surface area contributed by atoms with E-state index in [4.69, 9.17) is 9.47 Å². The second kappa shape index (κ2) is 5.00. The van der Waals surface area contributed by atoms with Crippen LogP contribution in [0.5, 0.6) is 0 Å². The summed E-state index contributed by atoms with van der Waals surface area (Å²) in [5.41, 5.74) is -2.75. The molecule has 6 heteroatoms. The summed E-state index contributed by atoms with van der Waals surface area (Å²) in [4.78, 5) is 48.6. The minimum absolute atomic E-state index is 0.158. The van der Waals surface area contributed by atoms with Crippen LogP contribution in [0.1, 0.15) is 39.5 Å². The first kappa shape index (κ1) is 14.7. The molecule has 0 aliphatic heterocycles. The van der Waals surface area contributed by atoms with Crippen LogP contribution in [-0.4, -0.2) is 36.7 Å². The average molecular weight is 282 g/mol. The number of esters is 2. The number of ether oxygens (including phenoxy) is 2. The first-order valence-electron chi connectivity index (χ1n) is 6.84. The standard InChI is InChI=1S/C14H18O6/c1-3-19-11(17)13-5-6-14(8-9(13)15,10(16)7-13)12(18)20-4-2/h3-8H2,1-2H3/t13-,14+. The highest BCUT2D eigenvalue weighted by molar-refractivity contribution is 6.19.